The number of amides is 1. The third-order valence-corrected chi connectivity index (χ3v) is 2.56. The van der Waals surface area contributed by atoms with Gasteiger partial charge in [-0.25, -0.2) is 8.42 Å². The van der Waals surface area contributed by atoms with Crippen molar-refractivity contribution in [1.29, 1.82) is 0 Å². The van der Waals surface area contributed by atoms with Gasteiger partial charge in [0.2, 0.25) is 10.0 Å². The van der Waals surface area contributed by atoms with Gasteiger partial charge in [0.1, 0.15) is 6.04 Å². The Balaban J connectivity index is 2.59. The maximum Gasteiger partial charge on any atom is 0.253 e. The number of hydrogen-bond acceptors (Lipinski definition) is 5. The number of nitrogens with one attached hydrogen (secondary N) is 1. The number of ether oxygens (including phenoxy) is 1. The fourth-order valence-electron chi connectivity index (χ4n) is 1.21. The number of morpholine rings is 1. The number of carbonyl (C=O) groups is 1. The van der Waals surface area contributed by atoms with E-state index in [9.17, 15) is 13.2 Å². The number of nitrogens with zero attached hydrogens (tertiary/aromatic N) is 1. The normalized spacial score (nSPS) is 24.6. The van der Waals surface area contributed by atoms with Crippen LogP contribution < -0.4 is 4.72 Å². The van der Waals surface area contributed by atoms with Gasteiger partial charge in [-0.2, -0.15) is 0 Å². The van der Waals surface area contributed by atoms with Crippen molar-refractivity contribution in [2.45, 2.75) is 6.04 Å². The van der Waals surface area contributed by atoms with Crippen molar-refractivity contribution in [3.63, 3.8) is 0 Å². The van der Waals surface area contributed by atoms with Gasteiger partial charge in [-0.3, -0.25) is 14.4 Å². The summed E-state index contributed by atoms with van der Waals surface area (Å²) in [6, 6.07) is -0.515. The average molecular weight is 222 g/mol. The highest BCUT2D eigenvalue weighted by atomic mass is 32.2. The molecule has 0 aliphatic carbocycles. The fourth-order valence-corrected chi connectivity index (χ4v) is 1.71. The Bertz CT molecular complexity index is 314. The van der Waals surface area contributed by atoms with Gasteiger partial charge < -0.3 is 4.74 Å². The highest BCUT2D eigenvalue weighted by Gasteiger charge is 2.28. The van der Waals surface area contributed by atoms with Crippen LogP contribution in [0.1, 0.15) is 0 Å². The van der Waals surface area contributed by atoms with E-state index in [1.807, 2.05) is 4.72 Å². The molecule has 1 unspecified atom stereocenters. The molecule has 1 amide bonds. The highest BCUT2D eigenvalue weighted by molar-refractivity contribution is 7.89. The van der Waals surface area contributed by atoms with Crippen LogP contribution in [0.15, 0.2) is 0 Å². The Labute approximate surface area is 83.3 Å². The summed E-state index contributed by atoms with van der Waals surface area (Å²) in [5.41, 5.74) is 0. The molecule has 0 aromatic heterocycles. The van der Waals surface area contributed by atoms with E-state index in [-0.39, 0.29) is 6.61 Å². The van der Waals surface area contributed by atoms with Gasteiger partial charge in [0.25, 0.3) is 5.91 Å². The minimum atomic E-state index is -3.48. The summed E-state index contributed by atoms with van der Waals surface area (Å²) in [6.45, 7) is 1.43. The number of sulfonamides is 1. The van der Waals surface area contributed by atoms with Crippen molar-refractivity contribution in [3.05, 3.63) is 0 Å². The standard InChI is InChI=1S/C7H14N2O4S/c1-9-3-4-13-5-6(9)7(10)8-14(2,11)12/h6H,3-5H2,1-2H3,(H,8,10). The first-order valence-electron chi connectivity index (χ1n) is 4.20. The van der Waals surface area contributed by atoms with E-state index in [4.69, 9.17) is 4.74 Å². The van der Waals surface area contributed by atoms with Crippen LogP contribution in [-0.4, -0.2) is 58.3 Å². The number of hydrogen-bond donors (Lipinski definition) is 1. The van der Waals surface area contributed by atoms with Crippen LogP contribution in [0.3, 0.4) is 0 Å². The zero-order chi connectivity index (χ0) is 10.8. The predicted octanol–water partition coefficient (Wildman–Crippen LogP) is -1.61. The molecule has 1 N–H and O–H groups in total. The van der Waals surface area contributed by atoms with Crippen molar-refractivity contribution in [2.24, 2.45) is 0 Å². The summed E-state index contributed by atoms with van der Waals surface area (Å²) < 4.78 is 28.6. The fraction of sp³-hybridized carbons (Fsp3) is 0.857. The monoisotopic (exact) mass is 222 g/mol. The quantitative estimate of drug-likeness (QED) is 0.608. The van der Waals surface area contributed by atoms with E-state index < -0.39 is 22.0 Å². The molecule has 0 spiro atoms. The number of rotatable bonds is 2. The van der Waals surface area contributed by atoms with Crippen molar-refractivity contribution >= 4 is 15.9 Å². The van der Waals surface area contributed by atoms with Crippen LogP contribution >= 0.6 is 0 Å². The molecule has 1 aliphatic rings. The van der Waals surface area contributed by atoms with Gasteiger partial charge in [-0.05, 0) is 7.05 Å². The first-order chi connectivity index (χ1) is 6.40. The number of likely N-dealkylation sites (N-methyl/N-ethyl adjacent to an activating group) is 1. The Kier molecular flexibility index (Phi) is 3.46. The van der Waals surface area contributed by atoms with Gasteiger partial charge >= 0.3 is 0 Å². The molecular formula is C7H14N2O4S. The van der Waals surface area contributed by atoms with E-state index in [1.165, 1.54) is 0 Å². The summed E-state index contributed by atoms with van der Waals surface area (Å²) in [5.74, 6) is -0.533. The average Bonchev–Trinajstić information content (AvgIpc) is 2.01. The van der Waals surface area contributed by atoms with E-state index in [0.29, 0.717) is 13.2 Å². The lowest BCUT2D eigenvalue weighted by atomic mass is 10.2. The maximum absolute atomic E-state index is 11.4. The van der Waals surface area contributed by atoms with Crippen LogP contribution in [0.4, 0.5) is 0 Å². The summed E-state index contributed by atoms with van der Waals surface area (Å²) in [6.07, 6.45) is 0.953. The molecule has 82 valence electrons. The lowest BCUT2D eigenvalue weighted by Gasteiger charge is -2.30. The Hall–Kier alpha value is -0.660. The van der Waals surface area contributed by atoms with Gasteiger partial charge in [0, 0.05) is 6.54 Å². The van der Waals surface area contributed by atoms with E-state index >= 15 is 0 Å². The van der Waals surface area contributed by atoms with E-state index in [2.05, 4.69) is 0 Å². The Morgan fingerprint density at radius 1 is 1.57 bits per heavy atom. The third-order valence-electron chi connectivity index (χ3n) is 1.98. The topological polar surface area (TPSA) is 75.7 Å². The van der Waals surface area contributed by atoms with E-state index in [1.54, 1.807) is 11.9 Å². The molecule has 0 saturated carbocycles. The molecule has 7 heteroatoms. The van der Waals surface area contributed by atoms with Gasteiger partial charge in [-0.15, -0.1) is 0 Å². The predicted molar refractivity (Wildman–Crippen MR) is 50.2 cm³/mol. The van der Waals surface area contributed by atoms with E-state index in [0.717, 1.165) is 6.26 Å². The number of carbonyl (C=O) groups excluding carboxylic acids is 1. The minimum Gasteiger partial charge on any atom is -0.378 e. The molecule has 1 fully saturated rings. The highest BCUT2D eigenvalue weighted by Crippen LogP contribution is 2.03. The smallest absolute Gasteiger partial charge is 0.253 e. The lowest BCUT2D eigenvalue weighted by molar-refractivity contribution is -0.129. The second-order valence-electron chi connectivity index (χ2n) is 3.31. The molecule has 1 rings (SSSR count). The molecule has 1 aliphatic heterocycles. The second-order valence-corrected chi connectivity index (χ2v) is 5.06. The Morgan fingerprint density at radius 2 is 2.21 bits per heavy atom. The van der Waals surface area contributed by atoms with Gasteiger partial charge in [-0.1, -0.05) is 0 Å². The molecule has 1 atom stereocenters. The SMILES string of the molecule is CN1CCOCC1C(=O)NS(C)(=O)=O. The molecule has 1 saturated heterocycles. The first-order valence-corrected chi connectivity index (χ1v) is 6.09. The van der Waals surface area contributed by atoms with Crippen LogP contribution in [0.5, 0.6) is 0 Å². The van der Waals surface area contributed by atoms with Crippen molar-refractivity contribution in [1.82, 2.24) is 9.62 Å². The largest absolute Gasteiger partial charge is 0.378 e. The molecule has 14 heavy (non-hydrogen) atoms. The second kappa shape index (κ2) is 4.24. The van der Waals surface area contributed by atoms with Gasteiger partial charge in [0.15, 0.2) is 0 Å². The van der Waals surface area contributed by atoms with Crippen LogP contribution in [-0.2, 0) is 19.6 Å². The molecular weight excluding hydrogens is 208 g/mol. The summed E-state index contributed by atoms with van der Waals surface area (Å²) >= 11 is 0. The molecule has 0 bridgehead atoms. The first kappa shape index (κ1) is 11.4. The zero-order valence-corrected chi connectivity index (χ0v) is 9.00. The minimum absolute atomic E-state index is 0.234. The molecule has 0 aromatic carbocycles. The Morgan fingerprint density at radius 3 is 2.71 bits per heavy atom. The zero-order valence-electron chi connectivity index (χ0n) is 8.19. The van der Waals surface area contributed by atoms with Gasteiger partial charge in [0.05, 0.1) is 19.5 Å². The molecule has 6 nitrogen and oxygen atoms in total. The molecule has 0 aromatic rings. The summed E-state index contributed by atoms with van der Waals surface area (Å²) in [7, 11) is -1.72. The van der Waals surface area contributed by atoms with Crippen LogP contribution in [0.25, 0.3) is 0 Å². The molecule has 0 radical (unpaired) electrons. The summed E-state index contributed by atoms with van der Waals surface area (Å²) in [5, 5.41) is 0. The van der Waals surface area contributed by atoms with Crippen molar-refractivity contribution < 1.29 is 17.9 Å². The van der Waals surface area contributed by atoms with Crippen molar-refractivity contribution in [2.75, 3.05) is 33.1 Å². The van der Waals surface area contributed by atoms with Crippen LogP contribution in [0.2, 0.25) is 0 Å². The maximum atomic E-state index is 11.4. The molecule has 1 heterocycles. The summed E-state index contributed by atoms with van der Waals surface area (Å²) in [4.78, 5) is 13.2. The van der Waals surface area contributed by atoms with Crippen LogP contribution in [0, 0.1) is 0 Å². The third kappa shape index (κ3) is 3.24. The lowest BCUT2D eigenvalue weighted by Crippen LogP contribution is -2.52. The van der Waals surface area contributed by atoms with Crippen molar-refractivity contribution in [3.8, 4) is 0 Å².